The molecule has 1 N–H and O–H groups in total. The molecule has 5 nitrogen and oxygen atoms in total. The van der Waals surface area contributed by atoms with Crippen LogP contribution >= 0.6 is 0 Å². The first-order valence-electron chi connectivity index (χ1n) is 8.01. The Morgan fingerprint density at radius 3 is 2.20 bits per heavy atom. The first kappa shape index (κ1) is 18.6. The number of carbonyl (C=O) groups excluding carboxylic acids is 1. The van der Waals surface area contributed by atoms with E-state index in [1.165, 1.54) is 6.08 Å². The highest BCUT2D eigenvalue weighted by atomic mass is 16.5. The van der Waals surface area contributed by atoms with Gasteiger partial charge in [-0.05, 0) is 38.0 Å². The molecule has 134 valence electrons. The van der Waals surface area contributed by atoms with E-state index in [-0.39, 0.29) is 11.5 Å². The molecule has 0 fully saturated rings. The van der Waals surface area contributed by atoms with Crippen molar-refractivity contribution in [3.05, 3.63) is 47.3 Å². The van der Waals surface area contributed by atoms with Crippen molar-refractivity contribution in [1.82, 2.24) is 0 Å². The lowest BCUT2D eigenvalue weighted by Crippen LogP contribution is -2.21. The molecule has 0 saturated heterocycles. The molecule has 1 atom stereocenters. The van der Waals surface area contributed by atoms with Crippen molar-refractivity contribution in [3.63, 3.8) is 0 Å². The number of carbonyl (C=O) groups is 1. The molecule has 0 amide bonds. The molecule has 25 heavy (non-hydrogen) atoms. The van der Waals surface area contributed by atoms with Gasteiger partial charge in [0.15, 0.2) is 17.3 Å². The van der Waals surface area contributed by atoms with Gasteiger partial charge >= 0.3 is 0 Å². The van der Waals surface area contributed by atoms with Crippen LogP contribution in [0.1, 0.15) is 25.8 Å². The van der Waals surface area contributed by atoms with Crippen LogP contribution in [0.15, 0.2) is 41.7 Å². The van der Waals surface area contributed by atoms with Crippen LogP contribution in [-0.4, -0.2) is 32.2 Å². The third kappa shape index (κ3) is 3.87. The SMILES string of the molecule is COc1cc(OC)c(C2=CC=C(O)C(=O)C2CC=C(C)C)cc1OC. The third-order valence-electron chi connectivity index (χ3n) is 4.14. The fourth-order valence-electron chi connectivity index (χ4n) is 2.81. The molecule has 2 rings (SSSR count). The van der Waals surface area contributed by atoms with Gasteiger partial charge in [0.1, 0.15) is 5.75 Å². The number of ketones is 1. The van der Waals surface area contributed by atoms with Crippen LogP contribution in [0.5, 0.6) is 17.2 Å². The molecule has 1 unspecified atom stereocenters. The van der Waals surface area contributed by atoms with Crippen LogP contribution in [0.4, 0.5) is 0 Å². The van der Waals surface area contributed by atoms with Crippen LogP contribution in [0.3, 0.4) is 0 Å². The predicted molar refractivity (Wildman–Crippen MR) is 97.3 cm³/mol. The monoisotopic (exact) mass is 344 g/mol. The van der Waals surface area contributed by atoms with Crippen LogP contribution in [-0.2, 0) is 4.79 Å². The van der Waals surface area contributed by atoms with E-state index in [0.29, 0.717) is 23.7 Å². The lowest BCUT2D eigenvalue weighted by molar-refractivity contribution is -0.120. The van der Waals surface area contributed by atoms with E-state index in [4.69, 9.17) is 14.2 Å². The Labute approximate surface area is 148 Å². The van der Waals surface area contributed by atoms with Gasteiger partial charge in [0, 0.05) is 11.6 Å². The normalized spacial score (nSPS) is 16.7. The zero-order chi connectivity index (χ0) is 18.6. The van der Waals surface area contributed by atoms with Gasteiger partial charge in [-0.25, -0.2) is 0 Å². The summed E-state index contributed by atoms with van der Waals surface area (Å²) < 4.78 is 16.2. The number of Topliss-reactive ketones (excluding diaryl/α,β-unsaturated/α-hetero) is 1. The molecule has 5 heteroatoms. The molecule has 0 bridgehead atoms. The minimum absolute atomic E-state index is 0.227. The number of rotatable bonds is 6. The summed E-state index contributed by atoms with van der Waals surface area (Å²) in [6.07, 6.45) is 5.67. The Balaban J connectivity index is 2.59. The Morgan fingerprint density at radius 2 is 1.64 bits per heavy atom. The highest BCUT2D eigenvalue weighted by Gasteiger charge is 2.30. The summed E-state index contributed by atoms with van der Waals surface area (Å²) in [6, 6.07) is 3.53. The minimum atomic E-state index is -0.480. The Morgan fingerprint density at radius 1 is 1.04 bits per heavy atom. The number of benzene rings is 1. The van der Waals surface area contributed by atoms with Crippen LogP contribution in [0, 0.1) is 5.92 Å². The quantitative estimate of drug-likeness (QED) is 0.787. The highest BCUT2D eigenvalue weighted by molar-refractivity contribution is 6.06. The second-order valence-corrected chi connectivity index (χ2v) is 6.02. The lowest BCUT2D eigenvalue weighted by atomic mass is 9.82. The molecule has 1 aromatic rings. The van der Waals surface area contributed by atoms with Gasteiger partial charge in [-0.15, -0.1) is 0 Å². The molecule has 0 aliphatic heterocycles. The van der Waals surface area contributed by atoms with Crippen molar-refractivity contribution < 1.29 is 24.1 Å². The first-order chi connectivity index (χ1) is 11.9. The molecule has 1 aromatic carbocycles. The van der Waals surface area contributed by atoms with E-state index in [2.05, 4.69) is 0 Å². The topological polar surface area (TPSA) is 65.0 Å². The lowest BCUT2D eigenvalue weighted by Gasteiger charge is -2.23. The minimum Gasteiger partial charge on any atom is -0.504 e. The van der Waals surface area contributed by atoms with Crippen molar-refractivity contribution in [3.8, 4) is 17.2 Å². The second-order valence-electron chi connectivity index (χ2n) is 6.02. The standard InChI is InChI=1S/C20H24O5/c1-12(2)6-7-14-13(8-9-16(21)20(14)22)15-10-18(24-4)19(25-5)11-17(15)23-3/h6,8-11,14,21H,7H2,1-5H3. The second kappa shape index (κ2) is 7.92. The number of aliphatic hydroxyl groups is 1. The number of hydrogen-bond donors (Lipinski definition) is 1. The maximum atomic E-state index is 12.5. The van der Waals surface area contributed by atoms with Gasteiger partial charge in [0.25, 0.3) is 0 Å². The van der Waals surface area contributed by atoms with E-state index >= 15 is 0 Å². The van der Waals surface area contributed by atoms with Gasteiger partial charge in [-0.1, -0.05) is 17.7 Å². The zero-order valence-corrected chi connectivity index (χ0v) is 15.3. The number of ether oxygens (including phenoxy) is 3. The van der Waals surface area contributed by atoms with Crippen LogP contribution in [0.25, 0.3) is 5.57 Å². The maximum Gasteiger partial charge on any atom is 0.204 e. The number of allylic oxidation sites excluding steroid dienone is 6. The van der Waals surface area contributed by atoms with Gasteiger partial charge in [-0.2, -0.15) is 0 Å². The maximum absolute atomic E-state index is 12.5. The molecule has 1 aliphatic carbocycles. The predicted octanol–water partition coefficient (Wildman–Crippen LogP) is 4.09. The van der Waals surface area contributed by atoms with E-state index in [1.54, 1.807) is 39.5 Å². The largest absolute Gasteiger partial charge is 0.504 e. The summed E-state index contributed by atoms with van der Waals surface area (Å²) in [5, 5.41) is 9.86. The average Bonchev–Trinajstić information content (AvgIpc) is 2.61. The summed E-state index contributed by atoms with van der Waals surface area (Å²) in [5.41, 5.74) is 2.63. The summed E-state index contributed by atoms with van der Waals surface area (Å²) in [5.74, 6) is 0.666. The molecular weight excluding hydrogens is 320 g/mol. The molecule has 0 spiro atoms. The molecule has 0 saturated carbocycles. The molecular formula is C20H24O5. The Bertz CT molecular complexity index is 752. The Kier molecular flexibility index (Phi) is 5.91. The van der Waals surface area contributed by atoms with Gasteiger partial charge < -0.3 is 19.3 Å². The van der Waals surface area contributed by atoms with Gasteiger partial charge in [0.2, 0.25) is 5.78 Å². The van der Waals surface area contributed by atoms with Crippen molar-refractivity contribution in [1.29, 1.82) is 0 Å². The molecule has 1 aliphatic rings. The van der Waals surface area contributed by atoms with E-state index < -0.39 is 5.92 Å². The fraction of sp³-hybridized carbons (Fsp3) is 0.350. The van der Waals surface area contributed by atoms with Crippen molar-refractivity contribution in [2.24, 2.45) is 5.92 Å². The van der Waals surface area contributed by atoms with Crippen molar-refractivity contribution in [2.75, 3.05) is 21.3 Å². The number of aliphatic hydroxyl groups excluding tert-OH is 1. The van der Waals surface area contributed by atoms with Gasteiger partial charge in [-0.3, -0.25) is 4.79 Å². The molecule has 0 heterocycles. The van der Waals surface area contributed by atoms with E-state index in [9.17, 15) is 9.90 Å². The van der Waals surface area contributed by atoms with Gasteiger partial charge in [0.05, 0.1) is 27.2 Å². The number of methoxy groups -OCH3 is 3. The third-order valence-corrected chi connectivity index (χ3v) is 4.14. The smallest absolute Gasteiger partial charge is 0.204 e. The molecule has 0 radical (unpaired) electrons. The summed E-state index contributed by atoms with van der Waals surface area (Å²) in [7, 11) is 4.67. The summed E-state index contributed by atoms with van der Waals surface area (Å²) in [4.78, 5) is 12.5. The Hall–Kier alpha value is -2.69. The fourth-order valence-corrected chi connectivity index (χ4v) is 2.81. The van der Waals surface area contributed by atoms with E-state index in [0.717, 1.165) is 16.7 Å². The summed E-state index contributed by atoms with van der Waals surface area (Å²) >= 11 is 0. The van der Waals surface area contributed by atoms with Crippen molar-refractivity contribution in [2.45, 2.75) is 20.3 Å². The number of hydrogen-bond acceptors (Lipinski definition) is 5. The first-order valence-corrected chi connectivity index (χ1v) is 8.01. The molecule has 0 aromatic heterocycles. The van der Waals surface area contributed by atoms with Crippen LogP contribution < -0.4 is 14.2 Å². The van der Waals surface area contributed by atoms with E-state index in [1.807, 2.05) is 19.9 Å². The zero-order valence-electron chi connectivity index (χ0n) is 15.3. The average molecular weight is 344 g/mol. The highest BCUT2D eigenvalue weighted by Crippen LogP contribution is 2.42. The van der Waals surface area contributed by atoms with Crippen LogP contribution in [0.2, 0.25) is 0 Å². The van der Waals surface area contributed by atoms with Crippen molar-refractivity contribution >= 4 is 11.4 Å². The summed E-state index contributed by atoms with van der Waals surface area (Å²) in [6.45, 7) is 3.95.